The summed E-state index contributed by atoms with van der Waals surface area (Å²) in [5.74, 6) is 0.330. The molecule has 0 aliphatic heterocycles. The van der Waals surface area contributed by atoms with Crippen LogP contribution in [0.1, 0.15) is 48.0 Å². The van der Waals surface area contributed by atoms with Crippen molar-refractivity contribution in [1.29, 1.82) is 0 Å². The smallest absolute Gasteiger partial charge is 0.289 e. The van der Waals surface area contributed by atoms with Crippen LogP contribution in [0.3, 0.4) is 0 Å². The molecule has 1 N–H and O–H groups in total. The Balaban J connectivity index is 1.76. The number of carbonyl (C=O) groups is 1. The number of aromatic nitrogens is 1. The first-order chi connectivity index (χ1) is 10.1. The van der Waals surface area contributed by atoms with Crippen LogP contribution in [0.4, 0.5) is 0 Å². The molecule has 0 bridgehead atoms. The molecule has 0 fully saturated rings. The van der Waals surface area contributed by atoms with E-state index in [0.29, 0.717) is 6.54 Å². The lowest BCUT2D eigenvalue weighted by molar-refractivity contribution is 0.0916. The van der Waals surface area contributed by atoms with E-state index in [9.17, 15) is 4.79 Å². The Morgan fingerprint density at radius 1 is 1.38 bits per heavy atom. The van der Waals surface area contributed by atoms with Crippen LogP contribution in [-0.4, -0.2) is 17.6 Å². The van der Waals surface area contributed by atoms with Gasteiger partial charge in [-0.2, -0.15) is 0 Å². The maximum Gasteiger partial charge on any atom is 0.289 e. The van der Waals surface area contributed by atoms with Gasteiger partial charge in [-0.15, -0.1) is 0 Å². The second-order valence-corrected chi connectivity index (χ2v) is 6.18. The third-order valence-electron chi connectivity index (χ3n) is 3.16. The van der Waals surface area contributed by atoms with Gasteiger partial charge in [-0.1, -0.05) is 47.1 Å². The van der Waals surface area contributed by atoms with Gasteiger partial charge in [0.15, 0.2) is 0 Å². The van der Waals surface area contributed by atoms with Crippen LogP contribution in [0.2, 0.25) is 0 Å². The van der Waals surface area contributed by atoms with Crippen molar-refractivity contribution in [3.63, 3.8) is 0 Å². The van der Waals surface area contributed by atoms with Crippen molar-refractivity contribution in [2.75, 3.05) is 6.54 Å². The van der Waals surface area contributed by atoms with Gasteiger partial charge in [0.25, 0.3) is 5.91 Å². The van der Waals surface area contributed by atoms with E-state index < -0.39 is 0 Å². The highest BCUT2D eigenvalue weighted by Crippen LogP contribution is 2.14. The number of rotatable bonds is 6. The summed E-state index contributed by atoms with van der Waals surface area (Å²) in [6, 6.07) is 9.89. The minimum Gasteiger partial charge on any atom is -0.351 e. The standard InChI is InChI=1S/C16H19BrN2O2/c1-11(2)14-10-15(21-19-14)16(20)18-8-4-6-12-5-3-7-13(17)9-12/h3,5,7,9-11H,4,6,8H2,1-2H3,(H,18,20). The molecule has 0 atom stereocenters. The summed E-state index contributed by atoms with van der Waals surface area (Å²) in [4.78, 5) is 11.9. The minimum absolute atomic E-state index is 0.205. The number of aryl methyl sites for hydroxylation is 1. The average molecular weight is 351 g/mol. The Morgan fingerprint density at radius 3 is 2.86 bits per heavy atom. The fourth-order valence-electron chi connectivity index (χ4n) is 1.94. The van der Waals surface area contributed by atoms with Crippen molar-refractivity contribution in [2.24, 2.45) is 0 Å². The zero-order chi connectivity index (χ0) is 15.2. The van der Waals surface area contributed by atoms with Crippen LogP contribution >= 0.6 is 15.9 Å². The fourth-order valence-corrected chi connectivity index (χ4v) is 2.39. The van der Waals surface area contributed by atoms with E-state index >= 15 is 0 Å². The van der Waals surface area contributed by atoms with Gasteiger partial charge in [0, 0.05) is 17.1 Å². The SMILES string of the molecule is CC(C)c1cc(C(=O)NCCCc2cccc(Br)c2)on1. The molecule has 2 aromatic rings. The topological polar surface area (TPSA) is 55.1 Å². The lowest BCUT2D eigenvalue weighted by Crippen LogP contribution is -2.24. The normalized spacial score (nSPS) is 10.9. The predicted molar refractivity (Wildman–Crippen MR) is 85.4 cm³/mol. The highest BCUT2D eigenvalue weighted by atomic mass is 79.9. The van der Waals surface area contributed by atoms with Gasteiger partial charge in [0.1, 0.15) is 0 Å². The van der Waals surface area contributed by atoms with Gasteiger partial charge in [-0.05, 0) is 36.5 Å². The Hall–Kier alpha value is -1.62. The van der Waals surface area contributed by atoms with E-state index in [1.54, 1.807) is 6.07 Å². The molecule has 0 saturated heterocycles. The Bertz CT molecular complexity index is 608. The monoisotopic (exact) mass is 350 g/mol. The molecule has 1 amide bonds. The molecule has 4 nitrogen and oxygen atoms in total. The number of nitrogens with one attached hydrogen (secondary N) is 1. The number of amides is 1. The lowest BCUT2D eigenvalue weighted by Gasteiger charge is -2.03. The van der Waals surface area contributed by atoms with Crippen molar-refractivity contribution < 1.29 is 9.32 Å². The molecule has 21 heavy (non-hydrogen) atoms. The number of hydrogen-bond acceptors (Lipinski definition) is 3. The van der Waals surface area contributed by atoms with E-state index in [1.807, 2.05) is 26.0 Å². The van der Waals surface area contributed by atoms with Gasteiger partial charge in [-0.3, -0.25) is 4.79 Å². The van der Waals surface area contributed by atoms with E-state index in [1.165, 1.54) is 5.56 Å². The van der Waals surface area contributed by atoms with Gasteiger partial charge in [0.05, 0.1) is 5.69 Å². The molecular formula is C16H19BrN2O2. The summed E-state index contributed by atoms with van der Waals surface area (Å²) < 4.78 is 6.13. The molecule has 5 heteroatoms. The first-order valence-corrected chi connectivity index (χ1v) is 7.85. The van der Waals surface area contributed by atoms with E-state index in [4.69, 9.17) is 4.52 Å². The molecule has 112 valence electrons. The van der Waals surface area contributed by atoms with Crippen LogP contribution in [0, 0.1) is 0 Å². The number of halogens is 1. The summed E-state index contributed by atoms with van der Waals surface area (Å²) in [5.41, 5.74) is 2.05. The zero-order valence-corrected chi connectivity index (χ0v) is 13.8. The number of nitrogens with zero attached hydrogens (tertiary/aromatic N) is 1. The van der Waals surface area contributed by atoms with Crippen LogP contribution in [0.15, 0.2) is 39.3 Å². The van der Waals surface area contributed by atoms with Gasteiger partial charge >= 0.3 is 0 Å². The summed E-state index contributed by atoms with van der Waals surface area (Å²) in [6.45, 7) is 4.64. The number of benzene rings is 1. The van der Waals surface area contributed by atoms with Crippen molar-refractivity contribution >= 4 is 21.8 Å². The maximum atomic E-state index is 11.9. The van der Waals surface area contributed by atoms with E-state index in [0.717, 1.165) is 23.0 Å². The van der Waals surface area contributed by atoms with E-state index in [-0.39, 0.29) is 17.6 Å². The first-order valence-electron chi connectivity index (χ1n) is 7.05. The molecule has 2 rings (SSSR count). The summed E-state index contributed by atoms with van der Waals surface area (Å²) in [5, 5.41) is 6.73. The Labute approximate surface area is 133 Å². The molecular weight excluding hydrogens is 332 g/mol. The molecule has 1 heterocycles. The van der Waals surface area contributed by atoms with Gasteiger partial charge < -0.3 is 9.84 Å². The Morgan fingerprint density at radius 2 is 2.19 bits per heavy atom. The first kappa shape index (κ1) is 15.8. The largest absolute Gasteiger partial charge is 0.351 e. The second kappa shape index (κ2) is 7.41. The predicted octanol–water partition coefficient (Wildman–Crippen LogP) is 3.92. The highest BCUT2D eigenvalue weighted by molar-refractivity contribution is 9.10. The third kappa shape index (κ3) is 4.70. The molecule has 0 radical (unpaired) electrons. The average Bonchev–Trinajstić information content (AvgIpc) is 2.93. The minimum atomic E-state index is -0.205. The lowest BCUT2D eigenvalue weighted by atomic mass is 10.1. The molecule has 0 aliphatic carbocycles. The van der Waals surface area contributed by atoms with Crippen molar-refractivity contribution in [2.45, 2.75) is 32.6 Å². The zero-order valence-electron chi connectivity index (χ0n) is 12.2. The molecule has 0 saturated carbocycles. The third-order valence-corrected chi connectivity index (χ3v) is 3.65. The molecule has 0 unspecified atom stereocenters. The summed E-state index contributed by atoms with van der Waals surface area (Å²) in [7, 11) is 0. The van der Waals surface area contributed by atoms with Crippen molar-refractivity contribution in [3.05, 3.63) is 51.8 Å². The van der Waals surface area contributed by atoms with Crippen molar-refractivity contribution in [3.8, 4) is 0 Å². The maximum absolute atomic E-state index is 11.9. The van der Waals surface area contributed by atoms with Crippen LogP contribution in [0.25, 0.3) is 0 Å². The second-order valence-electron chi connectivity index (χ2n) is 5.26. The molecule has 0 spiro atoms. The molecule has 1 aromatic heterocycles. The van der Waals surface area contributed by atoms with Crippen LogP contribution in [0.5, 0.6) is 0 Å². The Kier molecular flexibility index (Phi) is 5.56. The van der Waals surface area contributed by atoms with Crippen LogP contribution in [-0.2, 0) is 6.42 Å². The summed E-state index contributed by atoms with van der Waals surface area (Å²) >= 11 is 3.45. The van der Waals surface area contributed by atoms with E-state index in [2.05, 4.69) is 38.5 Å². The van der Waals surface area contributed by atoms with Gasteiger partial charge in [0.2, 0.25) is 5.76 Å². The highest BCUT2D eigenvalue weighted by Gasteiger charge is 2.13. The molecule has 0 aliphatic rings. The molecule has 1 aromatic carbocycles. The summed E-state index contributed by atoms with van der Waals surface area (Å²) in [6.07, 6.45) is 1.81. The number of hydrogen-bond donors (Lipinski definition) is 1. The van der Waals surface area contributed by atoms with Gasteiger partial charge in [-0.25, -0.2) is 0 Å². The van der Waals surface area contributed by atoms with Crippen molar-refractivity contribution in [1.82, 2.24) is 10.5 Å². The fraction of sp³-hybridized carbons (Fsp3) is 0.375. The quantitative estimate of drug-likeness (QED) is 0.803. The van der Waals surface area contributed by atoms with Crippen LogP contribution < -0.4 is 5.32 Å². The number of carbonyl (C=O) groups excluding carboxylic acids is 1.